The number of hydrogen-bond donors (Lipinski definition) is 0. The molecule has 0 bridgehead atoms. The van der Waals surface area contributed by atoms with E-state index in [2.05, 4.69) is 0 Å². The smallest absolute Gasteiger partial charge is 0.432 e. The van der Waals surface area contributed by atoms with Crippen molar-refractivity contribution in [3.05, 3.63) is 0 Å². The summed E-state index contributed by atoms with van der Waals surface area (Å²) >= 11 is 0. The van der Waals surface area contributed by atoms with E-state index in [0.29, 0.717) is 0 Å². The molecule has 2 unspecified atom stereocenters. The molecule has 0 N–H and O–H groups in total. The molecule has 0 aromatic carbocycles. The lowest BCUT2D eigenvalue weighted by molar-refractivity contribution is -0.0213. The molecule has 0 aliphatic heterocycles. The highest BCUT2D eigenvalue weighted by Crippen LogP contribution is 2.01. The lowest BCUT2D eigenvalue weighted by atomic mass is 10.3. The van der Waals surface area contributed by atoms with Crippen LogP contribution in [0.25, 0.3) is 0 Å². The van der Waals surface area contributed by atoms with Gasteiger partial charge in [-0.25, -0.2) is 4.79 Å². The first-order valence-electron chi connectivity index (χ1n) is 5.52. The number of ether oxygens (including phenoxy) is 4. The molecule has 0 heterocycles. The van der Waals surface area contributed by atoms with Crippen LogP contribution >= 0.6 is 0 Å². The van der Waals surface area contributed by atoms with Gasteiger partial charge in [0, 0.05) is 14.2 Å². The molecule has 5 heteroatoms. The van der Waals surface area contributed by atoms with E-state index in [1.54, 1.807) is 14.2 Å². The second kappa shape index (κ2) is 9.42. The van der Waals surface area contributed by atoms with Gasteiger partial charge in [0.15, 0.2) is 0 Å². The third-order valence-corrected chi connectivity index (χ3v) is 2.35. The van der Waals surface area contributed by atoms with Crippen LogP contribution in [0.15, 0.2) is 0 Å². The number of hydrogen-bond acceptors (Lipinski definition) is 5. The van der Waals surface area contributed by atoms with Crippen molar-refractivity contribution in [1.82, 2.24) is 0 Å². The molecule has 2 atom stereocenters. The number of carbonyl (C=O) groups excluding carboxylic acids is 1. The summed E-state index contributed by atoms with van der Waals surface area (Å²) in [5, 5.41) is 0. The lowest BCUT2D eigenvalue weighted by Crippen LogP contribution is -2.24. The van der Waals surface area contributed by atoms with Crippen LogP contribution in [0.2, 0.25) is 0 Å². The fourth-order valence-electron chi connectivity index (χ4n) is 1.07. The minimum absolute atomic E-state index is 0.0723. The molecule has 5 nitrogen and oxygen atoms in total. The van der Waals surface area contributed by atoms with Crippen molar-refractivity contribution in [2.45, 2.75) is 38.9 Å². The van der Waals surface area contributed by atoms with Crippen LogP contribution < -0.4 is 0 Å². The van der Waals surface area contributed by atoms with Crippen LogP contribution in [0.5, 0.6) is 0 Å². The van der Waals surface area contributed by atoms with Gasteiger partial charge in [-0.05, 0) is 12.8 Å². The summed E-state index contributed by atoms with van der Waals surface area (Å²) in [5.74, 6) is 0. The Balaban J connectivity index is 3.65. The third kappa shape index (κ3) is 6.63. The first-order valence-corrected chi connectivity index (χ1v) is 5.52. The van der Waals surface area contributed by atoms with Gasteiger partial charge in [0.05, 0.1) is 12.2 Å². The van der Waals surface area contributed by atoms with Gasteiger partial charge >= 0.3 is 6.16 Å². The van der Waals surface area contributed by atoms with Gasteiger partial charge in [-0.2, -0.15) is 0 Å². The number of carbonyl (C=O) groups is 1. The van der Waals surface area contributed by atoms with Crippen molar-refractivity contribution in [2.24, 2.45) is 0 Å². The average molecular weight is 234 g/mol. The predicted molar refractivity (Wildman–Crippen MR) is 59.5 cm³/mol. The van der Waals surface area contributed by atoms with E-state index in [1.807, 2.05) is 13.8 Å². The molecule has 0 aliphatic rings. The fraction of sp³-hybridized carbons (Fsp3) is 0.909. The minimum atomic E-state index is -0.675. The zero-order valence-corrected chi connectivity index (χ0v) is 10.5. The highest BCUT2D eigenvalue weighted by molar-refractivity contribution is 5.59. The summed E-state index contributed by atoms with van der Waals surface area (Å²) in [6.45, 7) is 4.35. The zero-order chi connectivity index (χ0) is 12.4. The zero-order valence-electron chi connectivity index (χ0n) is 10.5. The van der Waals surface area contributed by atoms with Gasteiger partial charge in [-0.15, -0.1) is 0 Å². The Morgan fingerprint density at radius 1 is 0.938 bits per heavy atom. The van der Waals surface area contributed by atoms with Crippen molar-refractivity contribution in [3.8, 4) is 0 Å². The Morgan fingerprint density at radius 2 is 1.31 bits per heavy atom. The Labute approximate surface area is 97.0 Å². The summed E-state index contributed by atoms with van der Waals surface area (Å²) in [7, 11) is 3.17. The molecular weight excluding hydrogens is 212 g/mol. The molecule has 0 saturated carbocycles. The Morgan fingerprint density at radius 3 is 1.56 bits per heavy atom. The maximum atomic E-state index is 11.2. The summed E-state index contributed by atoms with van der Waals surface area (Å²) < 4.78 is 19.9. The summed E-state index contributed by atoms with van der Waals surface area (Å²) in [5.41, 5.74) is 0. The van der Waals surface area contributed by atoms with Crippen molar-refractivity contribution in [3.63, 3.8) is 0 Å². The predicted octanol–water partition coefficient (Wildman–Crippen LogP) is 1.99. The largest absolute Gasteiger partial charge is 0.508 e. The van der Waals surface area contributed by atoms with Crippen LogP contribution in [0, 0.1) is 0 Å². The topological polar surface area (TPSA) is 54.0 Å². The minimum Gasteiger partial charge on any atom is -0.432 e. The molecule has 0 spiro atoms. The normalized spacial score (nSPS) is 14.2. The van der Waals surface area contributed by atoms with E-state index in [0.717, 1.165) is 12.8 Å². The van der Waals surface area contributed by atoms with Crippen LogP contribution in [0.1, 0.15) is 26.7 Å². The highest BCUT2D eigenvalue weighted by Gasteiger charge is 2.12. The Hall–Kier alpha value is -0.810. The number of methoxy groups -OCH3 is 2. The second-order valence-corrected chi connectivity index (χ2v) is 3.40. The van der Waals surface area contributed by atoms with E-state index >= 15 is 0 Å². The van der Waals surface area contributed by atoms with Gasteiger partial charge in [0.25, 0.3) is 0 Å². The van der Waals surface area contributed by atoms with Crippen molar-refractivity contribution in [2.75, 3.05) is 27.4 Å². The van der Waals surface area contributed by atoms with Crippen LogP contribution in [-0.4, -0.2) is 45.8 Å². The van der Waals surface area contributed by atoms with Crippen molar-refractivity contribution < 1.29 is 23.7 Å². The van der Waals surface area contributed by atoms with Crippen molar-refractivity contribution in [1.29, 1.82) is 0 Å². The second-order valence-electron chi connectivity index (χ2n) is 3.40. The number of rotatable bonds is 8. The first-order chi connectivity index (χ1) is 7.67. The standard InChI is InChI=1S/C11H22O5/c1-5-9(13-3)7-15-11(12)16-8-10(6-2)14-4/h9-10H,5-8H2,1-4H3. The van der Waals surface area contributed by atoms with E-state index in [4.69, 9.17) is 18.9 Å². The monoisotopic (exact) mass is 234 g/mol. The van der Waals surface area contributed by atoms with E-state index in [-0.39, 0.29) is 25.4 Å². The molecule has 0 aromatic rings. The summed E-state index contributed by atoms with van der Waals surface area (Å²) in [6.07, 6.45) is 0.763. The molecule has 0 rings (SSSR count). The van der Waals surface area contributed by atoms with Gasteiger partial charge in [-0.3, -0.25) is 0 Å². The molecule has 0 aromatic heterocycles. The highest BCUT2D eigenvalue weighted by atomic mass is 16.7. The average Bonchev–Trinajstić information content (AvgIpc) is 2.31. The lowest BCUT2D eigenvalue weighted by Gasteiger charge is -2.15. The van der Waals surface area contributed by atoms with Crippen molar-refractivity contribution >= 4 is 6.16 Å². The molecule has 0 saturated heterocycles. The van der Waals surface area contributed by atoms with Gasteiger partial charge in [0.1, 0.15) is 13.2 Å². The molecular formula is C11H22O5. The Bertz CT molecular complexity index is 157. The third-order valence-electron chi connectivity index (χ3n) is 2.35. The maximum absolute atomic E-state index is 11.2. The molecule has 96 valence electrons. The Kier molecular flexibility index (Phi) is 8.94. The SMILES string of the molecule is CCC(COC(=O)OCC(CC)OC)OC. The molecule has 0 radical (unpaired) electrons. The van der Waals surface area contributed by atoms with Gasteiger partial charge in [-0.1, -0.05) is 13.8 Å². The van der Waals surface area contributed by atoms with E-state index in [1.165, 1.54) is 0 Å². The van der Waals surface area contributed by atoms with Crippen LogP contribution in [0.3, 0.4) is 0 Å². The molecule has 0 amide bonds. The summed E-state index contributed by atoms with van der Waals surface area (Å²) in [6, 6.07) is 0. The van der Waals surface area contributed by atoms with E-state index in [9.17, 15) is 4.79 Å². The maximum Gasteiger partial charge on any atom is 0.508 e. The quantitative estimate of drug-likeness (QED) is 0.601. The molecule has 0 aliphatic carbocycles. The summed E-state index contributed by atoms with van der Waals surface area (Å²) in [4.78, 5) is 11.2. The van der Waals surface area contributed by atoms with Gasteiger partial charge in [0.2, 0.25) is 0 Å². The van der Waals surface area contributed by atoms with Crippen LogP contribution in [0.4, 0.5) is 4.79 Å². The molecule has 16 heavy (non-hydrogen) atoms. The first kappa shape index (κ1) is 15.2. The van der Waals surface area contributed by atoms with Crippen LogP contribution in [-0.2, 0) is 18.9 Å². The van der Waals surface area contributed by atoms with Gasteiger partial charge < -0.3 is 18.9 Å². The van der Waals surface area contributed by atoms with E-state index < -0.39 is 6.16 Å². The fourth-order valence-corrected chi connectivity index (χ4v) is 1.07. The molecule has 0 fully saturated rings.